The van der Waals surface area contributed by atoms with Crippen LogP contribution in [0.4, 0.5) is 0 Å². The van der Waals surface area contributed by atoms with Crippen LogP contribution in [0.15, 0.2) is 0 Å². The molecule has 0 radical (unpaired) electrons. The number of piperidine rings is 1. The average Bonchev–Trinajstić information content (AvgIpc) is 2.15. The minimum Gasteiger partial charge on any atom is -0.392 e. The van der Waals surface area contributed by atoms with Gasteiger partial charge in [0.25, 0.3) is 0 Å². The van der Waals surface area contributed by atoms with Gasteiger partial charge in [0.2, 0.25) is 0 Å². The number of rotatable bonds is 5. The highest BCUT2D eigenvalue weighted by molar-refractivity contribution is 7.80. The predicted molar refractivity (Wildman–Crippen MR) is 69.2 cm³/mol. The fraction of sp³-hybridized carbons (Fsp3) is 0.909. The first kappa shape index (κ1) is 12.9. The molecule has 0 aliphatic carbocycles. The normalized spacial score (nSPS) is 23.3. The lowest BCUT2D eigenvalue weighted by Gasteiger charge is -2.33. The van der Waals surface area contributed by atoms with Crippen molar-refractivity contribution < 1.29 is 0 Å². The standard InChI is InChI=1S/C11H23N3S/c1-13(9-11(12)15)8-6-10-5-3-4-7-14(10)2/h10H,3-9H2,1-2H3,(H2,12,15). The first-order valence-electron chi connectivity index (χ1n) is 5.76. The van der Waals surface area contributed by atoms with Crippen LogP contribution < -0.4 is 5.73 Å². The van der Waals surface area contributed by atoms with Crippen molar-refractivity contribution in [1.82, 2.24) is 9.80 Å². The molecule has 1 fully saturated rings. The number of thiocarbonyl (C=S) groups is 1. The third-order valence-corrected chi connectivity index (χ3v) is 3.32. The number of hydrogen-bond acceptors (Lipinski definition) is 3. The Kier molecular flexibility index (Phi) is 5.50. The van der Waals surface area contributed by atoms with E-state index in [0.29, 0.717) is 4.99 Å². The zero-order valence-electron chi connectivity index (χ0n) is 9.91. The molecule has 0 amide bonds. The van der Waals surface area contributed by atoms with E-state index in [1.54, 1.807) is 0 Å². The molecule has 4 heteroatoms. The Labute approximate surface area is 98.6 Å². The SMILES string of the molecule is CN(CCC1CCCCN1C)CC(N)=S. The van der Waals surface area contributed by atoms with Crippen LogP contribution in [0.3, 0.4) is 0 Å². The Bertz CT molecular complexity index is 208. The number of nitrogens with zero attached hydrogens (tertiary/aromatic N) is 2. The zero-order chi connectivity index (χ0) is 11.3. The minimum absolute atomic E-state index is 0.592. The maximum atomic E-state index is 5.51. The second-order valence-corrected chi connectivity index (χ2v) is 5.15. The number of nitrogens with two attached hydrogens (primary N) is 1. The Morgan fingerprint density at radius 1 is 1.53 bits per heavy atom. The van der Waals surface area contributed by atoms with Crippen molar-refractivity contribution in [3.63, 3.8) is 0 Å². The second-order valence-electron chi connectivity index (χ2n) is 4.62. The molecule has 0 aromatic carbocycles. The molecular weight excluding hydrogens is 206 g/mol. The van der Waals surface area contributed by atoms with Crippen LogP contribution in [-0.2, 0) is 0 Å². The summed E-state index contributed by atoms with van der Waals surface area (Å²) in [4.78, 5) is 5.29. The van der Waals surface area contributed by atoms with Gasteiger partial charge >= 0.3 is 0 Å². The topological polar surface area (TPSA) is 32.5 Å². The largest absolute Gasteiger partial charge is 0.392 e. The van der Waals surface area contributed by atoms with Gasteiger partial charge < -0.3 is 10.6 Å². The zero-order valence-corrected chi connectivity index (χ0v) is 10.7. The molecule has 1 heterocycles. The summed E-state index contributed by atoms with van der Waals surface area (Å²) in [7, 11) is 4.32. The lowest BCUT2D eigenvalue weighted by Crippen LogP contribution is -2.39. The Morgan fingerprint density at radius 2 is 2.27 bits per heavy atom. The molecule has 0 aromatic heterocycles. The molecule has 1 unspecified atom stereocenters. The summed E-state index contributed by atoms with van der Waals surface area (Å²) in [5, 5.41) is 0. The van der Waals surface area contributed by atoms with Crippen LogP contribution in [0.25, 0.3) is 0 Å². The van der Waals surface area contributed by atoms with Crippen molar-refractivity contribution in [2.45, 2.75) is 31.7 Å². The van der Waals surface area contributed by atoms with Crippen molar-refractivity contribution in [1.29, 1.82) is 0 Å². The van der Waals surface area contributed by atoms with E-state index in [-0.39, 0.29) is 0 Å². The van der Waals surface area contributed by atoms with Gasteiger partial charge in [-0.1, -0.05) is 18.6 Å². The molecular formula is C11H23N3S. The van der Waals surface area contributed by atoms with E-state index in [1.165, 1.54) is 32.2 Å². The lowest BCUT2D eigenvalue weighted by atomic mass is 10.00. The van der Waals surface area contributed by atoms with Crippen LogP contribution >= 0.6 is 12.2 Å². The van der Waals surface area contributed by atoms with Crippen LogP contribution in [0, 0.1) is 0 Å². The van der Waals surface area contributed by atoms with E-state index in [0.717, 1.165) is 19.1 Å². The molecule has 15 heavy (non-hydrogen) atoms. The van der Waals surface area contributed by atoms with Crippen molar-refractivity contribution in [2.24, 2.45) is 5.73 Å². The Balaban J connectivity index is 2.20. The van der Waals surface area contributed by atoms with Crippen molar-refractivity contribution in [2.75, 3.05) is 33.7 Å². The first-order chi connectivity index (χ1) is 7.09. The summed E-state index contributed by atoms with van der Waals surface area (Å²) < 4.78 is 0. The summed E-state index contributed by atoms with van der Waals surface area (Å²) in [6, 6.07) is 0.757. The summed E-state index contributed by atoms with van der Waals surface area (Å²) >= 11 is 4.89. The van der Waals surface area contributed by atoms with Crippen LogP contribution in [0.1, 0.15) is 25.7 Å². The van der Waals surface area contributed by atoms with Crippen LogP contribution in [0.2, 0.25) is 0 Å². The third kappa shape index (κ3) is 4.91. The summed E-state index contributed by atoms with van der Waals surface area (Å²) in [6.45, 7) is 3.09. The van der Waals surface area contributed by atoms with Crippen molar-refractivity contribution >= 4 is 17.2 Å². The van der Waals surface area contributed by atoms with Gasteiger partial charge in [-0.05, 0) is 46.4 Å². The number of likely N-dealkylation sites (tertiary alicyclic amines) is 1. The van der Waals surface area contributed by atoms with E-state index in [1.807, 2.05) is 0 Å². The fourth-order valence-electron chi connectivity index (χ4n) is 2.22. The average molecular weight is 229 g/mol. The molecule has 1 rings (SSSR count). The predicted octanol–water partition coefficient (Wildman–Crippen LogP) is 1.08. The van der Waals surface area contributed by atoms with E-state index in [9.17, 15) is 0 Å². The van der Waals surface area contributed by atoms with Crippen molar-refractivity contribution in [3.8, 4) is 0 Å². The van der Waals surface area contributed by atoms with E-state index >= 15 is 0 Å². The highest BCUT2D eigenvalue weighted by Crippen LogP contribution is 2.17. The Morgan fingerprint density at radius 3 is 2.87 bits per heavy atom. The molecule has 2 N–H and O–H groups in total. The molecule has 1 atom stereocenters. The Hall–Kier alpha value is -0.190. The lowest BCUT2D eigenvalue weighted by molar-refractivity contribution is 0.163. The minimum atomic E-state index is 0.592. The van der Waals surface area contributed by atoms with Crippen molar-refractivity contribution in [3.05, 3.63) is 0 Å². The van der Waals surface area contributed by atoms with E-state index in [2.05, 4.69) is 23.9 Å². The highest BCUT2D eigenvalue weighted by Gasteiger charge is 2.18. The molecule has 3 nitrogen and oxygen atoms in total. The summed E-state index contributed by atoms with van der Waals surface area (Å²) in [5.41, 5.74) is 5.51. The van der Waals surface area contributed by atoms with E-state index in [4.69, 9.17) is 18.0 Å². The molecule has 0 bridgehead atoms. The smallest absolute Gasteiger partial charge is 0.0869 e. The maximum absolute atomic E-state index is 5.51. The molecule has 1 saturated heterocycles. The quantitative estimate of drug-likeness (QED) is 0.715. The fourth-order valence-corrected chi connectivity index (χ4v) is 2.44. The van der Waals surface area contributed by atoms with Gasteiger partial charge in [-0.3, -0.25) is 4.90 Å². The molecule has 0 aromatic rings. The molecule has 0 saturated carbocycles. The molecule has 88 valence electrons. The first-order valence-corrected chi connectivity index (χ1v) is 6.17. The maximum Gasteiger partial charge on any atom is 0.0869 e. The molecule has 1 aliphatic rings. The number of likely N-dealkylation sites (N-methyl/N-ethyl adjacent to an activating group) is 1. The van der Waals surface area contributed by atoms with Gasteiger partial charge in [0.1, 0.15) is 0 Å². The van der Waals surface area contributed by atoms with Crippen LogP contribution in [-0.4, -0.2) is 54.6 Å². The van der Waals surface area contributed by atoms with Gasteiger partial charge in [0, 0.05) is 12.6 Å². The van der Waals surface area contributed by atoms with Gasteiger partial charge in [-0.15, -0.1) is 0 Å². The van der Waals surface area contributed by atoms with Gasteiger partial charge in [-0.2, -0.15) is 0 Å². The molecule has 1 aliphatic heterocycles. The molecule has 0 spiro atoms. The van der Waals surface area contributed by atoms with Gasteiger partial charge in [-0.25, -0.2) is 0 Å². The van der Waals surface area contributed by atoms with Crippen LogP contribution in [0.5, 0.6) is 0 Å². The highest BCUT2D eigenvalue weighted by atomic mass is 32.1. The third-order valence-electron chi connectivity index (χ3n) is 3.19. The van der Waals surface area contributed by atoms with E-state index < -0.39 is 0 Å². The van der Waals surface area contributed by atoms with Gasteiger partial charge in [0.15, 0.2) is 0 Å². The number of hydrogen-bond donors (Lipinski definition) is 1. The summed E-state index contributed by atoms with van der Waals surface area (Å²) in [5.74, 6) is 0. The van der Waals surface area contributed by atoms with Gasteiger partial charge in [0.05, 0.1) is 4.99 Å². The second kappa shape index (κ2) is 6.40. The monoisotopic (exact) mass is 229 g/mol. The summed E-state index contributed by atoms with van der Waals surface area (Å²) in [6.07, 6.45) is 5.32.